The number of nitrogens with zero attached hydrogens (tertiary/aromatic N) is 2. The minimum atomic E-state index is -0.147. The molecule has 0 spiro atoms. The van der Waals surface area contributed by atoms with Crippen LogP contribution >= 0.6 is 0 Å². The fourth-order valence-electron chi connectivity index (χ4n) is 1.39. The largest absolute Gasteiger partial charge is 0.467 e. The highest BCUT2D eigenvalue weighted by atomic mass is 16.5. The van der Waals surface area contributed by atoms with E-state index >= 15 is 0 Å². The topological polar surface area (TPSA) is 51.5 Å². The van der Waals surface area contributed by atoms with Crippen molar-refractivity contribution in [1.82, 2.24) is 4.57 Å². The van der Waals surface area contributed by atoms with Crippen LogP contribution in [0.1, 0.15) is 0 Å². The third-order valence-corrected chi connectivity index (χ3v) is 2.31. The Morgan fingerprint density at radius 1 is 1.29 bits per heavy atom. The molecular weight excluding hydrogens is 184 g/mol. The van der Waals surface area contributed by atoms with E-state index in [4.69, 9.17) is 4.74 Å². The van der Waals surface area contributed by atoms with Crippen LogP contribution in [0.25, 0.3) is 0 Å². The number of rotatable bonds is 0. The second kappa shape index (κ2) is 2.87. The molecule has 0 aliphatic carbocycles. The van der Waals surface area contributed by atoms with Crippen molar-refractivity contribution in [2.45, 2.75) is 0 Å². The first-order valence-electron chi connectivity index (χ1n) is 4.20. The van der Waals surface area contributed by atoms with Crippen LogP contribution < -0.4 is 15.2 Å². The number of fused-ring (bicyclic) bond motifs is 1. The molecule has 0 saturated carbocycles. The average molecular weight is 194 g/mol. The first-order valence-corrected chi connectivity index (χ1v) is 4.20. The molecule has 1 aromatic heterocycles. The van der Waals surface area contributed by atoms with Gasteiger partial charge in [0.2, 0.25) is 5.88 Å². The minimum Gasteiger partial charge on any atom is -0.467 e. The van der Waals surface area contributed by atoms with Crippen molar-refractivity contribution < 1.29 is 9.53 Å². The zero-order valence-electron chi connectivity index (χ0n) is 7.98. The van der Waals surface area contributed by atoms with E-state index < -0.39 is 0 Å². The SMILES string of the molecule is CN1C(=O)COc2c1ccc(=O)n2C. The molecule has 1 aliphatic heterocycles. The van der Waals surface area contributed by atoms with Crippen LogP contribution in [-0.4, -0.2) is 24.1 Å². The van der Waals surface area contributed by atoms with Crippen molar-refractivity contribution in [3.63, 3.8) is 0 Å². The summed E-state index contributed by atoms with van der Waals surface area (Å²) < 4.78 is 6.58. The van der Waals surface area contributed by atoms with Crippen molar-refractivity contribution in [1.29, 1.82) is 0 Å². The predicted octanol–water partition coefficient (Wildman–Crippen LogP) is -0.260. The number of hydrogen-bond acceptors (Lipinski definition) is 3. The fraction of sp³-hybridized carbons (Fsp3) is 0.333. The van der Waals surface area contributed by atoms with Gasteiger partial charge >= 0.3 is 0 Å². The van der Waals surface area contributed by atoms with E-state index in [-0.39, 0.29) is 18.1 Å². The Kier molecular flexibility index (Phi) is 1.80. The molecule has 0 bridgehead atoms. The zero-order chi connectivity index (χ0) is 10.3. The maximum atomic E-state index is 11.3. The molecule has 74 valence electrons. The second-order valence-corrected chi connectivity index (χ2v) is 3.16. The summed E-state index contributed by atoms with van der Waals surface area (Å²) in [4.78, 5) is 24.0. The quantitative estimate of drug-likeness (QED) is 0.571. The second-order valence-electron chi connectivity index (χ2n) is 3.16. The van der Waals surface area contributed by atoms with Gasteiger partial charge in [-0.1, -0.05) is 0 Å². The molecule has 14 heavy (non-hydrogen) atoms. The number of anilines is 1. The van der Waals surface area contributed by atoms with Crippen molar-refractivity contribution in [3.8, 4) is 5.88 Å². The standard InChI is InChI=1S/C9H10N2O3/c1-10-6-3-4-7(12)11(2)9(6)14-5-8(10)13/h3-4H,5H2,1-2H3. The molecule has 5 nitrogen and oxygen atoms in total. The van der Waals surface area contributed by atoms with Crippen molar-refractivity contribution >= 4 is 11.6 Å². The third kappa shape index (κ3) is 1.09. The summed E-state index contributed by atoms with van der Waals surface area (Å²) in [5.41, 5.74) is 0.481. The summed E-state index contributed by atoms with van der Waals surface area (Å²) in [6, 6.07) is 3.01. The number of hydrogen-bond donors (Lipinski definition) is 0. The number of aromatic nitrogens is 1. The summed E-state index contributed by atoms with van der Waals surface area (Å²) in [6.07, 6.45) is 0. The summed E-state index contributed by atoms with van der Waals surface area (Å²) >= 11 is 0. The first kappa shape index (κ1) is 8.80. The van der Waals surface area contributed by atoms with Gasteiger partial charge in [-0.15, -0.1) is 0 Å². The van der Waals surface area contributed by atoms with Crippen molar-refractivity contribution in [2.24, 2.45) is 7.05 Å². The molecular formula is C9H10N2O3. The van der Waals surface area contributed by atoms with Crippen LogP contribution in [-0.2, 0) is 11.8 Å². The van der Waals surface area contributed by atoms with E-state index in [1.807, 2.05) is 0 Å². The number of carbonyl (C=O) groups excluding carboxylic acids is 1. The van der Waals surface area contributed by atoms with E-state index in [0.29, 0.717) is 11.6 Å². The fourth-order valence-corrected chi connectivity index (χ4v) is 1.39. The molecule has 0 fully saturated rings. The molecule has 0 atom stereocenters. The van der Waals surface area contributed by atoms with Crippen molar-refractivity contribution in [2.75, 3.05) is 18.6 Å². The van der Waals surface area contributed by atoms with Crippen molar-refractivity contribution in [3.05, 3.63) is 22.5 Å². The van der Waals surface area contributed by atoms with Crippen LogP contribution in [0.4, 0.5) is 5.69 Å². The lowest BCUT2D eigenvalue weighted by Crippen LogP contribution is -2.38. The first-order chi connectivity index (χ1) is 6.61. The number of amides is 1. The highest BCUT2D eigenvalue weighted by Gasteiger charge is 2.23. The third-order valence-electron chi connectivity index (χ3n) is 2.31. The lowest BCUT2D eigenvalue weighted by Gasteiger charge is -2.26. The van der Waals surface area contributed by atoms with Crippen LogP contribution in [0.2, 0.25) is 0 Å². The Morgan fingerprint density at radius 3 is 2.71 bits per heavy atom. The molecule has 0 aromatic carbocycles. The lowest BCUT2D eigenvalue weighted by atomic mass is 10.3. The Morgan fingerprint density at radius 2 is 2.00 bits per heavy atom. The van der Waals surface area contributed by atoms with E-state index in [9.17, 15) is 9.59 Å². The van der Waals surface area contributed by atoms with E-state index in [1.54, 1.807) is 20.2 Å². The van der Waals surface area contributed by atoms with Gasteiger partial charge < -0.3 is 9.64 Å². The normalized spacial score (nSPS) is 15.0. The molecule has 0 saturated heterocycles. The molecule has 0 N–H and O–H groups in total. The Labute approximate surface area is 80.5 Å². The van der Waals surface area contributed by atoms with E-state index in [1.165, 1.54) is 15.5 Å². The molecule has 1 amide bonds. The monoisotopic (exact) mass is 194 g/mol. The van der Waals surface area contributed by atoms with Crippen LogP contribution in [0.3, 0.4) is 0 Å². The van der Waals surface area contributed by atoms with Gasteiger partial charge in [-0.05, 0) is 6.07 Å². The highest BCUT2D eigenvalue weighted by Crippen LogP contribution is 2.28. The maximum absolute atomic E-state index is 11.3. The van der Waals surface area contributed by atoms with Crippen LogP contribution in [0, 0.1) is 0 Å². The molecule has 2 heterocycles. The molecule has 1 aliphatic rings. The zero-order valence-corrected chi connectivity index (χ0v) is 7.98. The highest BCUT2D eigenvalue weighted by molar-refractivity contribution is 5.96. The maximum Gasteiger partial charge on any atom is 0.264 e. The van der Waals surface area contributed by atoms with Crippen LogP contribution in [0.15, 0.2) is 16.9 Å². The predicted molar refractivity (Wildman–Crippen MR) is 50.6 cm³/mol. The lowest BCUT2D eigenvalue weighted by molar-refractivity contribution is -0.121. The van der Waals surface area contributed by atoms with Gasteiger partial charge in [0.15, 0.2) is 6.61 Å². The average Bonchev–Trinajstić information content (AvgIpc) is 2.17. The molecule has 5 heteroatoms. The van der Waals surface area contributed by atoms with Gasteiger partial charge in [0.25, 0.3) is 11.5 Å². The van der Waals surface area contributed by atoms with Crippen LogP contribution in [0.5, 0.6) is 5.88 Å². The van der Waals surface area contributed by atoms with Gasteiger partial charge in [-0.25, -0.2) is 0 Å². The Hall–Kier alpha value is -1.78. The molecule has 1 aromatic rings. The summed E-state index contributed by atoms with van der Waals surface area (Å²) in [5.74, 6) is 0.329. The molecule has 0 unspecified atom stereocenters. The number of likely N-dealkylation sites (N-methyl/N-ethyl adjacent to an activating group) is 1. The smallest absolute Gasteiger partial charge is 0.264 e. The van der Waals surface area contributed by atoms with E-state index in [2.05, 4.69) is 0 Å². The Bertz CT molecular complexity index is 450. The van der Waals surface area contributed by atoms with Gasteiger partial charge in [-0.3, -0.25) is 14.2 Å². The number of ether oxygens (including phenoxy) is 1. The minimum absolute atomic E-state index is 0.0131. The van der Waals surface area contributed by atoms with Gasteiger partial charge in [0, 0.05) is 20.2 Å². The number of pyridine rings is 1. The molecule has 2 rings (SSSR count). The number of carbonyl (C=O) groups is 1. The van der Waals surface area contributed by atoms with Gasteiger partial charge in [0.05, 0.1) is 0 Å². The summed E-state index contributed by atoms with van der Waals surface area (Å²) in [6.45, 7) is -0.0131. The Balaban J connectivity index is 2.64. The summed E-state index contributed by atoms with van der Waals surface area (Å²) in [5, 5.41) is 0. The summed E-state index contributed by atoms with van der Waals surface area (Å²) in [7, 11) is 3.28. The van der Waals surface area contributed by atoms with Gasteiger partial charge in [-0.2, -0.15) is 0 Å². The van der Waals surface area contributed by atoms with E-state index in [0.717, 1.165) is 0 Å². The molecule has 0 radical (unpaired) electrons. The van der Waals surface area contributed by atoms with Gasteiger partial charge in [0.1, 0.15) is 5.69 Å².